The Morgan fingerprint density at radius 1 is 1.10 bits per heavy atom. The number of pyridine rings is 1. The van der Waals surface area contributed by atoms with E-state index in [-0.39, 0.29) is 12.2 Å². The smallest absolute Gasteiger partial charge is 0.252 e. The molecule has 0 spiro atoms. The predicted octanol–water partition coefficient (Wildman–Crippen LogP) is 2.17. The molecule has 160 valence electrons. The van der Waals surface area contributed by atoms with Gasteiger partial charge in [-0.05, 0) is 52.9 Å². The van der Waals surface area contributed by atoms with Crippen LogP contribution in [0, 0.1) is 13.8 Å². The highest BCUT2D eigenvalue weighted by molar-refractivity contribution is 5.82. The van der Waals surface area contributed by atoms with Crippen molar-refractivity contribution in [2.24, 2.45) is 0 Å². The highest BCUT2D eigenvalue weighted by atomic mass is 16.3. The zero-order chi connectivity index (χ0) is 21.8. The zero-order valence-electron chi connectivity index (χ0n) is 17.7. The predicted molar refractivity (Wildman–Crippen MR) is 119 cm³/mol. The van der Waals surface area contributed by atoms with Gasteiger partial charge in [-0.15, -0.1) is 5.10 Å². The number of hydrogen-bond donors (Lipinski definition) is 2. The Kier molecular flexibility index (Phi) is 6.20. The number of aryl methyl sites for hydroxylation is 2. The van der Waals surface area contributed by atoms with Gasteiger partial charge in [-0.2, -0.15) is 0 Å². The molecule has 8 heteroatoms. The second kappa shape index (κ2) is 9.20. The van der Waals surface area contributed by atoms with Crippen molar-refractivity contribution < 1.29 is 5.11 Å². The van der Waals surface area contributed by atoms with Crippen LogP contribution in [0.4, 0.5) is 0 Å². The minimum atomic E-state index is -0.119. The van der Waals surface area contributed by atoms with Crippen LogP contribution in [0.1, 0.15) is 28.1 Å². The monoisotopic (exact) mass is 418 g/mol. The number of fused-ring (bicyclic) bond motifs is 1. The van der Waals surface area contributed by atoms with E-state index in [4.69, 9.17) is 0 Å². The topological polar surface area (TPSA) is 99.9 Å². The summed E-state index contributed by atoms with van der Waals surface area (Å²) >= 11 is 0. The summed E-state index contributed by atoms with van der Waals surface area (Å²) in [6, 6.07) is 16.0. The van der Waals surface area contributed by atoms with E-state index >= 15 is 0 Å². The van der Waals surface area contributed by atoms with E-state index in [1.165, 1.54) is 0 Å². The first kappa shape index (κ1) is 20.9. The highest BCUT2D eigenvalue weighted by Crippen LogP contribution is 2.19. The minimum Gasteiger partial charge on any atom is -0.395 e. The third-order valence-corrected chi connectivity index (χ3v) is 5.33. The molecule has 31 heavy (non-hydrogen) atoms. The average Bonchev–Trinajstić information content (AvgIpc) is 3.16. The van der Waals surface area contributed by atoms with Crippen LogP contribution in [0.5, 0.6) is 0 Å². The summed E-state index contributed by atoms with van der Waals surface area (Å²) in [6.07, 6.45) is 0. The van der Waals surface area contributed by atoms with Crippen molar-refractivity contribution in [1.29, 1.82) is 0 Å². The van der Waals surface area contributed by atoms with Gasteiger partial charge < -0.3 is 10.1 Å². The molecule has 4 rings (SSSR count). The molecule has 0 aliphatic heterocycles. The molecule has 8 nitrogen and oxygen atoms in total. The van der Waals surface area contributed by atoms with Crippen molar-refractivity contribution in [3.8, 4) is 0 Å². The Balaban J connectivity index is 1.58. The fourth-order valence-electron chi connectivity index (χ4n) is 3.86. The maximum absolute atomic E-state index is 12.7. The number of H-pyrrole nitrogens is 1. The Morgan fingerprint density at radius 3 is 2.68 bits per heavy atom. The molecule has 0 saturated carbocycles. The van der Waals surface area contributed by atoms with E-state index in [0.717, 1.165) is 27.6 Å². The van der Waals surface area contributed by atoms with E-state index in [2.05, 4.69) is 32.6 Å². The maximum atomic E-state index is 12.7. The van der Waals surface area contributed by atoms with Gasteiger partial charge in [-0.1, -0.05) is 42.0 Å². The van der Waals surface area contributed by atoms with Crippen LogP contribution in [-0.2, 0) is 19.6 Å². The first-order valence-corrected chi connectivity index (χ1v) is 10.3. The van der Waals surface area contributed by atoms with Gasteiger partial charge in [-0.25, -0.2) is 4.68 Å². The molecule has 2 N–H and O–H groups in total. The summed E-state index contributed by atoms with van der Waals surface area (Å²) in [5.41, 5.74) is 4.68. The Morgan fingerprint density at radius 2 is 1.90 bits per heavy atom. The number of nitrogens with zero attached hydrogens (tertiary/aromatic N) is 5. The second-order valence-electron chi connectivity index (χ2n) is 7.84. The molecule has 2 heterocycles. The number of aliphatic hydroxyl groups is 1. The minimum absolute atomic E-state index is 0.0239. The van der Waals surface area contributed by atoms with E-state index in [0.29, 0.717) is 37.6 Å². The summed E-state index contributed by atoms with van der Waals surface area (Å²) in [6.45, 7) is 5.79. The van der Waals surface area contributed by atoms with Crippen molar-refractivity contribution in [2.75, 3.05) is 13.2 Å². The standard InChI is InChI=1S/C23H26N6O2/c1-16-10-17(2)22-19(11-16)12-20(23(31)24-22)14-28(8-9-30)15-21-25-26-27-29(21)13-18-6-4-3-5-7-18/h3-7,10-12,30H,8-9,13-15H2,1-2H3,(H,24,31). The number of tetrazole rings is 1. The fourth-order valence-corrected chi connectivity index (χ4v) is 3.86. The van der Waals surface area contributed by atoms with Crippen molar-refractivity contribution in [1.82, 2.24) is 30.1 Å². The quantitative estimate of drug-likeness (QED) is 0.455. The molecule has 0 atom stereocenters. The van der Waals surface area contributed by atoms with Crippen LogP contribution in [-0.4, -0.2) is 48.3 Å². The number of benzene rings is 2. The van der Waals surface area contributed by atoms with Crippen LogP contribution in [0.15, 0.2) is 53.3 Å². The lowest BCUT2D eigenvalue weighted by atomic mass is 10.1. The van der Waals surface area contributed by atoms with Gasteiger partial charge in [0.2, 0.25) is 0 Å². The lowest BCUT2D eigenvalue weighted by molar-refractivity contribution is 0.179. The normalized spacial score (nSPS) is 11.5. The zero-order valence-corrected chi connectivity index (χ0v) is 17.7. The average molecular weight is 419 g/mol. The molecule has 0 amide bonds. The third kappa shape index (κ3) is 4.87. The Labute approximate surface area is 180 Å². The molecule has 0 radical (unpaired) electrons. The molecule has 0 aliphatic carbocycles. The maximum Gasteiger partial charge on any atom is 0.252 e. The van der Waals surface area contributed by atoms with Crippen molar-refractivity contribution in [3.63, 3.8) is 0 Å². The fraction of sp³-hybridized carbons (Fsp3) is 0.304. The van der Waals surface area contributed by atoms with Crippen molar-refractivity contribution in [2.45, 2.75) is 33.5 Å². The van der Waals surface area contributed by atoms with Gasteiger partial charge >= 0.3 is 0 Å². The van der Waals surface area contributed by atoms with Gasteiger partial charge in [0, 0.05) is 18.7 Å². The first-order chi connectivity index (χ1) is 15.0. The van der Waals surface area contributed by atoms with Gasteiger partial charge in [0.05, 0.1) is 25.2 Å². The molecule has 2 aromatic heterocycles. The molecule has 2 aromatic carbocycles. The van der Waals surface area contributed by atoms with Crippen LogP contribution >= 0.6 is 0 Å². The molecular formula is C23H26N6O2. The van der Waals surface area contributed by atoms with Crippen molar-refractivity contribution >= 4 is 10.9 Å². The Hall–Kier alpha value is -3.36. The summed E-state index contributed by atoms with van der Waals surface area (Å²) < 4.78 is 1.75. The Bertz CT molecular complexity index is 1230. The van der Waals surface area contributed by atoms with Gasteiger partial charge in [0.15, 0.2) is 5.82 Å². The van der Waals surface area contributed by atoms with E-state index < -0.39 is 0 Å². The largest absolute Gasteiger partial charge is 0.395 e. The van der Waals surface area contributed by atoms with E-state index in [1.54, 1.807) is 4.68 Å². The van der Waals surface area contributed by atoms with Crippen LogP contribution < -0.4 is 5.56 Å². The summed E-state index contributed by atoms with van der Waals surface area (Å²) in [4.78, 5) is 17.7. The lowest BCUT2D eigenvalue weighted by Crippen LogP contribution is -2.30. The number of aromatic amines is 1. The molecule has 0 aliphatic rings. The number of nitrogens with one attached hydrogen (secondary N) is 1. The number of rotatable bonds is 8. The molecule has 0 bridgehead atoms. The lowest BCUT2D eigenvalue weighted by Gasteiger charge is -2.20. The second-order valence-corrected chi connectivity index (χ2v) is 7.84. The first-order valence-electron chi connectivity index (χ1n) is 10.3. The summed E-state index contributed by atoms with van der Waals surface area (Å²) in [7, 11) is 0. The highest BCUT2D eigenvalue weighted by Gasteiger charge is 2.15. The molecule has 0 unspecified atom stereocenters. The van der Waals surface area contributed by atoms with Gasteiger partial charge in [-0.3, -0.25) is 9.69 Å². The van der Waals surface area contributed by atoms with Crippen LogP contribution in [0.3, 0.4) is 0 Å². The molecule has 0 saturated heterocycles. The van der Waals surface area contributed by atoms with Crippen LogP contribution in [0.2, 0.25) is 0 Å². The summed E-state index contributed by atoms with van der Waals surface area (Å²) in [5.74, 6) is 0.682. The molecular weight excluding hydrogens is 392 g/mol. The van der Waals surface area contributed by atoms with Gasteiger partial charge in [0.1, 0.15) is 0 Å². The molecule has 0 fully saturated rings. The number of aliphatic hydroxyl groups excluding tert-OH is 1. The van der Waals surface area contributed by atoms with E-state index in [1.807, 2.05) is 55.1 Å². The van der Waals surface area contributed by atoms with Crippen molar-refractivity contribution in [3.05, 3.63) is 87.0 Å². The SMILES string of the molecule is Cc1cc(C)c2[nH]c(=O)c(CN(CCO)Cc3nnnn3Cc3ccccc3)cc2c1. The van der Waals surface area contributed by atoms with E-state index in [9.17, 15) is 9.90 Å². The van der Waals surface area contributed by atoms with Gasteiger partial charge in [0.25, 0.3) is 5.56 Å². The van der Waals surface area contributed by atoms with Crippen LogP contribution in [0.25, 0.3) is 10.9 Å². The molecule has 4 aromatic rings. The number of aromatic nitrogens is 5. The third-order valence-electron chi connectivity index (χ3n) is 5.33. The number of hydrogen-bond acceptors (Lipinski definition) is 6. The summed E-state index contributed by atoms with van der Waals surface area (Å²) in [5, 5.41) is 22.7.